The van der Waals surface area contributed by atoms with E-state index in [1.165, 1.54) is 0 Å². The average molecular weight is 327 g/mol. The molecule has 6 heteroatoms. The Morgan fingerprint density at radius 3 is 2.75 bits per heavy atom. The largest absolute Gasteiger partial charge is 0.497 e. The smallest absolute Gasteiger partial charge is 0.256 e. The number of aryl methyl sites for hydroxylation is 1. The maximum atomic E-state index is 12.8. The van der Waals surface area contributed by atoms with Gasteiger partial charge in [0.05, 0.1) is 19.2 Å². The van der Waals surface area contributed by atoms with Crippen molar-refractivity contribution in [3.05, 3.63) is 47.3 Å². The number of ether oxygens (including phenoxy) is 1. The molecule has 1 N–H and O–H groups in total. The highest BCUT2D eigenvalue weighted by Gasteiger charge is 2.25. The first-order valence-electron chi connectivity index (χ1n) is 7.90. The van der Waals surface area contributed by atoms with Crippen molar-refractivity contribution < 1.29 is 14.3 Å². The Bertz CT molecular complexity index is 795. The summed E-state index contributed by atoms with van der Waals surface area (Å²) in [5, 5.41) is 2.74. The number of methoxy groups -OCH3 is 1. The van der Waals surface area contributed by atoms with Crippen LogP contribution in [0.2, 0.25) is 0 Å². The maximum absolute atomic E-state index is 12.8. The Hall–Kier alpha value is -2.76. The van der Waals surface area contributed by atoms with Gasteiger partial charge < -0.3 is 19.5 Å². The van der Waals surface area contributed by atoms with Gasteiger partial charge in [0.15, 0.2) is 0 Å². The molecule has 126 valence electrons. The van der Waals surface area contributed by atoms with Crippen molar-refractivity contribution in [3.63, 3.8) is 0 Å². The van der Waals surface area contributed by atoms with E-state index in [4.69, 9.17) is 4.74 Å². The highest BCUT2D eigenvalue weighted by Crippen LogP contribution is 2.24. The van der Waals surface area contributed by atoms with Crippen molar-refractivity contribution in [1.82, 2.24) is 14.8 Å². The molecule has 1 fully saturated rings. The molecule has 1 aromatic carbocycles. The zero-order chi connectivity index (χ0) is 17.3. The standard InChI is InChI=1S/C18H21N3O3/c1-12-9-16(18(23)20-8-7-19-17(22)11-20)13(2)21(12)14-5-4-6-15(10-14)24-3/h4-6,9-10H,7-8,11H2,1-3H3,(H,19,22). The molecule has 0 saturated carbocycles. The lowest BCUT2D eigenvalue weighted by molar-refractivity contribution is -0.123. The monoisotopic (exact) mass is 327 g/mol. The van der Waals surface area contributed by atoms with Gasteiger partial charge in [0.25, 0.3) is 5.91 Å². The Kier molecular flexibility index (Phi) is 4.29. The second-order valence-corrected chi connectivity index (χ2v) is 5.90. The molecule has 2 heterocycles. The van der Waals surface area contributed by atoms with Crippen LogP contribution in [0.15, 0.2) is 30.3 Å². The number of carbonyl (C=O) groups excluding carboxylic acids is 2. The number of amides is 2. The third-order valence-electron chi connectivity index (χ3n) is 4.30. The van der Waals surface area contributed by atoms with Gasteiger partial charge in [-0.25, -0.2) is 0 Å². The predicted octanol–water partition coefficient (Wildman–Crippen LogP) is 1.67. The quantitative estimate of drug-likeness (QED) is 0.933. The molecule has 0 radical (unpaired) electrons. The summed E-state index contributed by atoms with van der Waals surface area (Å²) < 4.78 is 7.31. The second-order valence-electron chi connectivity index (χ2n) is 5.90. The van der Waals surface area contributed by atoms with E-state index < -0.39 is 0 Å². The molecular formula is C18H21N3O3. The number of benzene rings is 1. The van der Waals surface area contributed by atoms with E-state index in [0.29, 0.717) is 18.7 Å². The SMILES string of the molecule is COc1cccc(-n2c(C)cc(C(=O)N3CCNC(=O)C3)c2C)c1. The molecule has 0 aliphatic carbocycles. The van der Waals surface area contributed by atoms with Crippen LogP contribution in [0.3, 0.4) is 0 Å². The number of rotatable bonds is 3. The van der Waals surface area contributed by atoms with Crippen molar-refractivity contribution in [2.75, 3.05) is 26.7 Å². The molecule has 3 rings (SSSR count). The number of piperazine rings is 1. The minimum Gasteiger partial charge on any atom is -0.497 e. The molecule has 0 bridgehead atoms. The van der Waals surface area contributed by atoms with Crippen LogP contribution in [0, 0.1) is 13.8 Å². The van der Waals surface area contributed by atoms with Gasteiger partial charge in [-0.2, -0.15) is 0 Å². The van der Waals surface area contributed by atoms with Gasteiger partial charge in [-0.1, -0.05) is 6.07 Å². The summed E-state index contributed by atoms with van der Waals surface area (Å²) in [5.41, 5.74) is 3.40. The van der Waals surface area contributed by atoms with Crippen LogP contribution in [-0.2, 0) is 4.79 Å². The van der Waals surface area contributed by atoms with Crippen LogP contribution in [0.5, 0.6) is 5.75 Å². The van der Waals surface area contributed by atoms with E-state index in [-0.39, 0.29) is 18.4 Å². The maximum Gasteiger partial charge on any atom is 0.256 e. The first kappa shape index (κ1) is 16.1. The molecule has 1 saturated heterocycles. The molecule has 24 heavy (non-hydrogen) atoms. The highest BCUT2D eigenvalue weighted by atomic mass is 16.5. The molecule has 0 unspecified atom stereocenters. The van der Waals surface area contributed by atoms with Crippen molar-refractivity contribution in [2.45, 2.75) is 13.8 Å². The van der Waals surface area contributed by atoms with Gasteiger partial charge >= 0.3 is 0 Å². The number of hydrogen-bond donors (Lipinski definition) is 1. The highest BCUT2D eigenvalue weighted by molar-refractivity contribution is 5.98. The number of aromatic nitrogens is 1. The van der Waals surface area contributed by atoms with Gasteiger partial charge in [-0.15, -0.1) is 0 Å². The fourth-order valence-corrected chi connectivity index (χ4v) is 3.11. The average Bonchev–Trinajstić information content (AvgIpc) is 2.88. The summed E-state index contributed by atoms with van der Waals surface area (Å²) in [6, 6.07) is 9.59. The summed E-state index contributed by atoms with van der Waals surface area (Å²) >= 11 is 0. The van der Waals surface area contributed by atoms with Crippen LogP contribution < -0.4 is 10.1 Å². The number of nitrogens with zero attached hydrogens (tertiary/aromatic N) is 2. The Balaban J connectivity index is 1.97. The first-order valence-corrected chi connectivity index (χ1v) is 7.90. The predicted molar refractivity (Wildman–Crippen MR) is 90.7 cm³/mol. The molecule has 1 aromatic heterocycles. The lowest BCUT2D eigenvalue weighted by Gasteiger charge is -2.26. The number of carbonyl (C=O) groups is 2. The van der Waals surface area contributed by atoms with Crippen LogP contribution in [-0.4, -0.2) is 48.0 Å². The van der Waals surface area contributed by atoms with Crippen LogP contribution in [0.25, 0.3) is 5.69 Å². The van der Waals surface area contributed by atoms with E-state index in [9.17, 15) is 9.59 Å². The summed E-state index contributed by atoms with van der Waals surface area (Å²) in [7, 11) is 1.63. The zero-order valence-electron chi connectivity index (χ0n) is 14.1. The Morgan fingerprint density at radius 2 is 2.04 bits per heavy atom. The van der Waals surface area contributed by atoms with Gasteiger partial charge in [0, 0.05) is 36.2 Å². The lowest BCUT2D eigenvalue weighted by Crippen LogP contribution is -2.50. The van der Waals surface area contributed by atoms with E-state index in [2.05, 4.69) is 5.32 Å². The van der Waals surface area contributed by atoms with Crippen molar-refractivity contribution in [1.29, 1.82) is 0 Å². The molecule has 1 aliphatic rings. The minimum absolute atomic E-state index is 0.105. The molecule has 0 spiro atoms. The molecule has 0 atom stereocenters. The Morgan fingerprint density at radius 1 is 1.25 bits per heavy atom. The van der Waals surface area contributed by atoms with E-state index in [1.807, 2.05) is 48.7 Å². The summed E-state index contributed by atoms with van der Waals surface area (Å²) in [5.74, 6) is 0.545. The number of nitrogens with one attached hydrogen (secondary N) is 1. The molecule has 2 aromatic rings. The van der Waals surface area contributed by atoms with Gasteiger partial charge in [0.1, 0.15) is 5.75 Å². The molecule has 1 aliphatic heterocycles. The fourth-order valence-electron chi connectivity index (χ4n) is 3.11. The summed E-state index contributed by atoms with van der Waals surface area (Å²) in [6.45, 7) is 5.03. The van der Waals surface area contributed by atoms with Crippen LogP contribution in [0.1, 0.15) is 21.7 Å². The first-order chi connectivity index (χ1) is 11.5. The third-order valence-corrected chi connectivity index (χ3v) is 4.30. The lowest BCUT2D eigenvalue weighted by atomic mass is 10.2. The van der Waals surface area contributed by atoms with Gasteiger partial charge in [-0.05, 0) is 32.0 Å². The van der Waals surface area contributed by atoms with Crippen molar-refractivity contribution >= 4 is 11.8 Å². The van der Waals surface area contributed by atoms with Gasteiger partial charge in [0.2, 0.25) is 5.91 Å². The molecule has 2 amide bonds. The fraction of sp³-hybridized carbons (Fsp3) is 0.333. The second kappa shape index (κ2) is 6.39. The zero-order valence-corrected chi connectivity index (χ0v) is 14.1. The topological polar surface area (TPSA) is 63.6 Å². The number of hydrogen-bond acceptors (Lipinski definition) is 3. The normalized spacial score (nSPS) is 14.5. The van der Waals surface area contributed by atoms with Crippen LogP contribution in [0.4, 0.5) is 0 Å². The van der Waals surface area contributed by atoms with Gasteiger partial charge in [-0.3, -0.25) is 9.59 Å². The molecular weight excluding hydrogens is 306 g/mol. The van der Waals surface area contributed by atoms with E-state index in [0.717, 1.165) is 22.8 Å². The summed E-state index contributed by atoms with van der Waals surface area (Å²) in [4.78, 5) is 25.9. The van der Waals surface area contributed by atoms with Crippen molar-refractivity contribution in [2.24, 2.45) is 0 Å². The molecule has 6 nitrogen and oxygen atoms in total. The summed E-state index contributed by atoms with van der Waals surface area (Å²) in [6.07, 6.45) is 0. The third kappa shape index (κ3) is 2.87. The minimum atomic E-state index is -0.115. The van der Waals surface area contributed by atoms with E-state index >= 15 is 0 Å². The van der Waals surface area contributed by atoms with Crippen LogP contribution >= 0.6 is 0 Å². The Labute approximate surface area is 141 Å². The van der Waals surface area contributed by atoms with E-state index in [1.54, 1.807) is 12.0 Å². The van der Waals surface area contributed by atoms with Crippen molar-refractivity contribution in [3.8, 4) is 11.4 Å².